The zero-order chi connectivity index (χ0) is 16.9. The van der Waals surface area contributed by atoms with Crippen LogP contribution in [0.2, 0.25) is 0 Å². The summed E-state index contributed by atoms with van der Waals surface area (Å²) in [6.45, 7) is 4.11. The number of likely N-dealkylation sites (tertiary alicyclic amines) is 1. The first kappa shape index (κ1) is 17.8. The number of nitrogens with zero attached hydrogens (tertiary/aromatic N) is 3. The second kappa shape index (κ2) is 7.83. The normalized spacial score (nSPS) is 22.2. The van der Waals surface area contributed by atoms with E-state index in [9.17, 15) is 13.2 Å². The average molecular weight is 340 g/mol. The largest absolute Gasteiger partial charge is 0.346 e. The maximum absolute atomic E-state index is 12.2. The summed E-state index contributed by atoms with van der Waals surface area (Å²) >= 11 is 0. The summed E-state index contributed by atoms with van der Waals surface area (Å²) in [4.78, 5) is 14.4. The van der Waals surface area contributed by atoms with Gasteiger partial charge in [-0.2, -0.15) is 5.10 Å². The molecule has 1 N–H and O–H groups in total. The van der Waals surface area contributed by atoms with Crippen LogP contribution in [0.25, 0.3) is 0 Å². The van der Waals surface area contributed by atoms with Crippen molar-refractivity contribution >= 4 is 15.7 Å². The van der Waals surface area contributed by atoms with Crippen LogP contribution in [0.3, 0.4) is 0 Å². The van der Waals surface area contributed by atoms with E-state index in [0.717, 1.165) is 19.4 Å². The van der Waals surface area contributed by atoms with Crippen LogP contribution in [-0.2, 0) is 9.84 Å². The Morgan fingerprint density at radius 2 is 2.22 bits per heavy atom. The van der Waals surface area contributed by atoms with E-state index in [-0.39, 0.29) is 17.7 Å². The molecule has 2 rings (SSSR count). The van der Waals surface area contributed by atoms with E-state index in [1.165, 1.54) is 12.5 Å². The first-order valence-electron chi connectivity index (χ1n) is 7.87. The molecule has 0 radical (unpaired) electrons. The first-order chi connectivity index (χ1) is 10.9. The number of sulfone groups is 1. The minimum absolute atomic E-state index is 0.0176. The minimum atomic E-state index is -2.97. The van der Waals surface area contributed by atoms with Crippen LogP contribution in [0.1, 0.15) is 30.3 Å². The Kier molecular flexibility index (Phi) is 6.06. The molecule has 1 amide bonds. The van der Waals surface area contributed by atoms with Gasteiger partial charge in [0.1, 0.15) is 9.84 Å². The van der Waals surface area contributed by atoms with Crippen LogP contribution in [0, 0.1) is 5.92 Å². The van der Waals surface area contributed by atoms with Gasteiger partial charge in [-0.15, -0.1) is 5.10 Å². The number of carbonyl (C=O) groups is 1. The van der Waals surface area contributed by atoms with Gasteiger partial charge in [0.05, 0.1) is 5.75 Å². The Labute approximate surface area is 137 Å². The van der Waals surface area contributed by atoms with Crippen molar-refractivity contribution in [2.45, 2.75) is 25.8 Å². The highest BCUT2D eigenvalue weighted by Crippen LogP contribution is 2.22. The zero-order valence-corrected chi connectivity index (χ0v) is 14.4. The highest BCUT2D eigenvalue weighted by Gasteiger charge is 2.33. The quantitative estimate of drug-likeness (QED) is 0.770. The van der Waals surface area contributed by atoms with Gasteiger partial charge in [-0.1, -0.05) is 13.3 Å². The van der Waals surface area contributed by atoms with Gasteiger partial charge in [0.2, 0.25) is 0 Å². The second-order valence-corrected chi connectivity index (χ2v) is 8.39. The van der Waals surface area contributed by atoms with Gasteiger partial charge in [-0.3, -0.25) is 9.69 Å². The summed E-state index contributed by atoms with van der Waals surface area (Å²) in [6, 6.07) is 3.33. The Morgan fingerprint density at radius 3 is 2.83 bits per heavy atom. The van der Waals surface area contributed by atoms with E-state index in [1.54, 1.807) is 12.1 Å². The van der Waals surface area contributed by atoms with Gasteiger partial charge in [0.15, 0.2) is 5.69 Å². The number of hydrogen-bond donors (Lipinski definition) is 1. The van der Waals surface area contributed by atoms with Crippen molar-refractivity contribution in [2.24, 2.45) is 5.92 Å². The second-order valence-electron chi connectivity index (χ2n) is 6.13. The van der Waals surface area contributed by atoms with Gasteiger partial charge >= 0.3 is 0 Å². The van der Waals surface area contributed by atoms with Gasteiger partial charge in [-0.25, -0.2) is 8.42 Å². The van der Waals surface area contributed by atoms with E-state index in [4.69, 9.17) is 0 Å². The van der Waals surface area contributed by atoms with Crippen LogP contribution in [0.5, 0.6) is 0 Å². The number of aromatic nitrogens is 2. The fourth-order valence-corrected chi connectivity index (χ4v) is 3.52. The van der Waals surface area contributed by atoms with E-state index in [1.807, 2.05) is 0 Å². The van der Waals surface area contributed by atoms with E-state index >= 15 is 0 Å². The van der Waals surface area contributed by atoms with Crippen molar-refractivity contribution < 1.29 is 13.2 Å². The van der Waals surface area contributed by atoms with Gasteiger partial charge in [-0.05, 0) is 24.5 Å². The molecule has 2 atom stereocenters. The van der Waals surface area contributed by atoms with Gasteiger partial charge in [0.25, 0.3) is 5.91 Å². The average Bonchev–Trinajstić information content (AvgIpc) is 2.88. The number of nitrogens with one attached hydrogen (secondary N) is 1. The third-order valence-electron chi connectivity index (χ3n) is 4.08. The van der Waals surface area contributed by atoms with Crippen molar-refractivity contribution in [3.05, 3.63) is 24.0 Å². The number of carbonyl (C=O) groups excluding carboxylic acids is 1. The minimum Gasteiger partial charge on any atom is -0.346 e. The number of amides is 1. The molecule has 1 fully saturated rings. The van der Waals surface area contributed by atoms with Gasteiger partial charge < -0.3 is 5.32 Å². The lowest BCUT2D eigenvalue weighted by Crippen LogP contribution is -2.41. The van der Waals surface area contributed by atoms with Crippen LogP contribution >= 0.6 is 0 Å². The van der Waals surface area contributed by atoms with Crippen molar-refractivity contribution in [1.29, 1.82) is 0 Å². The molecule has 0 spiro atoms. The Balaban J connectivity index is 1.97. The summed E-state index contributed by atoms with van der Waals surface area (Å²) in [5.41, 5.74) is 0.303. The molecule has 7 nitrogen and oxygen atoms in total. The Bertz CT molecular complexity index is 621. The topological polar surface area (TPSA) is 92.3 Å². The van der Waals surface area contributed by atoms with Crippen molar-refractivity contribution in [3.8, 4) is 0 Å². The fraction of sp³-hybridized carbons (Fsp3) is 0.667. The van der Waals surface area contributed by atoms with Crippen LogP contribution in [-0.4, -0.2) is 67.1 Å². The molecule has 1 aliphatic heterocycles. The highest BCUT2D eigenvalue weighted by atomic mass is 32.2. The molecule has 1 aromatic heterocycles. The zero-order valence-electron chi connectivity index (χ0n) is 13.6. The summed E-state index contributed by atoms with van der Waals surface area (Å²) in [5, 5.41) is 10.6. The van der Waals surface area contributed by atoms with E-state index in [0.29, 0.717) is 24.7 Å². The predicted octanol–water partition coefficient (Wildman–Crippen LogP) is 0.352. The van der Waals surface area contributed by atoms with Crippen LogP contribution < -0.4 is 5.32 Å². The first-order valence-corrected chi connectivity index (χ1v) is 9.93. The lowest BCUT2D eigenvalue weighted by atomic mass is 9.98. The standard InChI is InChI=1S/C15H24N4O3S/c1-3-5-12-10-19(8-9-23(2,21)22)11-14(12)17-15(20)13-6-4-7-16-18-13/h4,6-7,12,14H,3,5,8-11H2,1-2H3,(H,17,20)/t12-,14-/m1/s1. The summed E-state index contributed by atoms with van der Waals surface area (Å²) < 4.78 is 22.7. The molecule has 0 unspecified atom stereocenters. The number of rotatable bonds is 7. The van der Waals surface area contributed by atoms with Crippen LogP contribution in [0.4, 0.5) is 0 Å². The highest BCUT2D eigenvalue weighted by molar-refractivity contribution is 7.90. The molecule has 0 aliphatic carbocycles. The Hall–Kier alpha value is -1.54. The van der Waals surface area contributed by atoms with Crippen molar-refractivity contribution in [2.75, 3.05) is 31.6 Å². The molecule has 0 aromatic carbocycles. The molecule has 0 bridgehead atoms. The molecule has 1 aliphatic rings. The third-order valence-corrected chi connectivity index (χ3v) is 5.00. The number of hydrogen-bond acceptors (Lipinski definition) is 6. The molecule has 1 saturated heterocycles. The lowest BCUT2D eigenvalue weighted by molar-refractivity contribution is 0.0923. The van der Waals surface area contributed by atoms with E-state index < -0.39 is 9.84 Å². The van der Waals surface area contributed by atoms with E-state index in [2.05, 4.69) is 27.3 Å². The van der Waals surface area contributed by atoms with Crippen molar-refractivity contribution in [3.63, 3.8) is 0 Å². The molecule has 0 saturated carbocycles. The molecule has 23 heavy (non-hydrogen) atoms. The molecular formula is C15H24N4O3S. The third kappa shape index (κ3) is 5.54. The smallest absolute Gasteiger partial charge is 0.272 e. The maximum Gasteiger partial charge on any atom is 0.272 e. The molecular weight excluding hydrogens is 316 g/mol. The molecule has 2 heterocycles. The Morgan fingerprint density at radius 1 is 1.43 bits per heavy atom. The predicted molar refractivity (Wildman–Crippen MR) is 87.8 cm³/mol. The fourth-order valence-electron chi connectivity index (χ4n) is 2.93. The summed E-state index contributed by atoms with van der Waals surface area (Å²) in [5.74, 6) is 0.255. The molecule has 1 aromatic rings. The van der Waals surface area contributed by atoms with Gasteiger partial charge in [0, 0.05) is 38.1 Å². The van der Waals surface area contributed by atoms with Crippen LogP contribution in [0.15, 0.2) is 18.3 Å². The lowest BCUT2D eigenvalue weighted by Gasteiger charge is -2.18. The molecule has 8 heteroatoms. The van der Waals surface area contributed by atoms with Crippen molar-refractivity contribution in [1.82, 2.24) is 20.4 Å². The summed E-state index contributed by atoms with van der Waals surface area (Å²) in [6.07, 6.45) is 4.81. The molecule has 128 valence electrons. The SMILES string of the molecule is CCC[C@@H]1CN(CCS(C)(=O)=O)C[C@H]1NC(=O)c1cccnn1. The monoisotopic (exact) mass is 340 g/mol. The summed E-state index contributed by atoms with van der Waals surface area (Å²) in [7, 11) is -2.97. The maximum atomic E-state index is 12.2.